The monoisotopic (exact) mass is 381 g/mol. The topological polar surface area (TPSA) is 123 Å². The highest BCUT2D eigenvalue weighted by Crippen LogP contribution is 2.24. The lowest BCUT2D eigenvalue weighted by Gasteiger charge is -2.36. The van der Waals surface area contributed by atoms with Gasteiger partial charge in [0.2, 0.25) is 5.91 Å². The highest BCUT2D eigenvalue weighted by atomic mass is 19.1. The number of anilines is 1. The highest BCUT2D eigenvalue weighted by molar-refractivity contribution is 5.87. The summed E-state index contributed by atoms with van der Waals surface area (Å²) in [6.45, 7) is 1.98. The standard InChI is InChI=1S/C17H24FN5O4/c1-26-9-3-6-22-7-8-23(10-14(22)24)13-5-2-4-12(15(13)18)11-27-17(25)21-16(19)20/h2,4-5H,3,6-11H2,1H3,(H4,19,20,21,25). The third-order valence-electron chi connectivity index (χ3n) is 4.07. The smallest absolute Gasteiger partial charge is 0.437 e. The van der Waals surface area contributed by atoms with E-state index in [4.69, 9.17) is 20.9 Å². The van der Waals surface area contributed by atoms with E-state index >= 15 is 0 Å². The molecule has 1 aromatic rings. The Labute approximate surface area is 156 Å². The molecule has 4 N–H and O–H groups in total. The first-order valence-corrected chi connectivity index (χ1v) is 8.47. The van der Waals surface area contributed by atoms with Crippen LogP contribution in [-0.2, 0) is 20.9 Å². The number of rotatable bonds is 7. The summed E-state index contributed by atoms with van der Waals surface area (Å²) in [5, 5.41) is 0. The van der Waals surface area contributed by atoms with Gasteiger partial charge in [0, 0.05) is 38.9 Å². The zero-order valence-corrected chi connectivity index (χ0v) is 15.2. The van der Waals surface area contributed by atoms with Gasteiger partial charge in [0.1, 0.15) is 6.61 Å². The van der Waals surface area contributed by atoms with Crippen molar-refractivity contribution < 1.29 is 23.5 Å². The van der Waals surface area contributed by atoms with E-state index in [1.54, 1.807) is 29.0 Å². The third kappa shape index (κ3) is 5.81. The van der Waals surface area contributed by atoms with Gasteiger partial charge in [-0.3, -0.25) is 4.79 Å². The lowest BCUT2D eigenvalue weighted by Crippen LogP contribution is -2.51. The Hall–Kier alpha value is -2.88. The quantitative estimate of drug-likeness (QED) is 0.398. The van der Waals surface area contributed by atoms with Gasteiger partial charge in [-0.2, -0.15) is 0 Å². The molecule has 10 heteroatoms. The Kier molecular flexibility index (Phi) is 7.35. The summed E-state index contributed by atoms with van der Waals surface area (Å²) in [5.41, 5.74) is 10.6. The van der Waals surface area contributed by atoms with Gasteiger partial charge in [-0.15, -0.1) is 4.99 Å². The van der Waals surface area contributed by atoms with Crippen molar-refractivity contribution >= 4 is 23.6 Å². The molecule has 9 nitrogen and oxygen atoms in total. The summed E-state index contributed by atoms with van der Waals surface area (Å²) in [7, 11) is 1.62. The maximum Gasteiger partial charge on any atom is 0.437 e. The van der Waals surface area contributed by atoms with Crippen LogP contribution in [-0.4, -0.2) is 62.8 Å². The second kappa shape index (κ2) is 9.72. The Bertz CT molecular complexity index is 709. The number of ether oxygens (including phenoxy) is 2. The van der Waals surface area contributed by atoms with Crippen molar-refractivity contribution in [3.63, 3.8) is 0 Å². The number of aliphatic imine (C=N–C) groups is 1. The van der Waals surface area contributed by atoms with Gasteiger partial charge < -0.3 is 30.7 Å². The average Bonchev–Trinajstić information content (AvgIpc) is 2.62. The zero-order valence-electron chi connectivity index (χ0n) is 15.2. The molecule has 1 fully saturated rings. The first-order chi connectivity index (χ1) is 12.9. The van der Waals surface area contributed by atoms with Crippen molar-refractivity contribution in [2.45, 2.75) is 13.0 Å². The summed E-state index contributed by atoms with van der Waals surface area (Å²) in [4.78, 5) is 30.3. The van der Waals surface area contributed by atoms with E-state index in [0.29, 0.717) is 26.2 Å². The van der Waals surface area contributed by atoms with E-state index in [2.05, 4.69) is 4.99 Å². The minimum atomic E-state index is -1.00. The normalized spacial score (nSPS) is 14.2. The Morgan fingerprint density at radius 3 is 2.78 bits per heavy atom. The van der Waals surface area contributed by atoms with Crippen LogP contribution >= 0.6 is 0 Å². The van der Waals surface area contributed by atoms with Crippen LogP contribution in [0, 0.1) is 5.82 Å². The number of nitrogens with zero attached hydrogens (tertiary/aromatic N) is 3. The van der Waals surface area contributed by atoms with Crippen molar-refractivity contribution in [1.29, 1.82) is 0 Å². The minimum Gasteiger partial charge on any atom is -0.443 e. The van der Waals surface area contributed by atoms with E-state index < -0.39 is 17.9 Å². The summed E-state index contributed by atoms with van der Waals surface area (Å²) in [6, 6.07) is 4.71. The molecule has 2 rings (SSSR count). The molecular formula is C17H24FN5O4. The van der Waals surface area contributed by atoms with Crippen LogP contribution in [0.15, 0.2) is 23.2 Å². The molecular weight excluding hydrogens is 357 g/mol. The Balaban J connectivity index is 2.00. The van der Waals surface area contributed by atoms with Crippen molar-refractivity contribution in [3.8, 4) is 0 Å². The number of amides is 2. The summed E-state index contributed by atoms with van der Waals surface area (Å²) in [5.74, 6) is -1.05. The zero-order chi connectivity index (χ0) is 19.8. The van der Waals surface area contributed by atoms with Crippen LogP contribution in [0.4, 0.5) is 14.9 Å². The Morgan fingerprint density at radius 1 is 1.33 bits per heavy atom. The van der Waals surface area contributed by atoms with E-state index in [0.717, 1.165) is 6.42 Å². The molecule has 0 aromatic heterocycles. The molecule has 0 aliphatic carbocycles. The maximum absolute atomic E-state index is 14.8. The molecule has 0 radical (unpaired) electrons. The molecule has 148 valence electrons. The average molecular weight is 381 g/mol. The number of nitrogens with two attached hydrogens (primary N) is 2. The lowest BCUT2D eigenvalue weighted by molar-refractivity contribution is -0.131. The molecule has 0 spiro atoms. The third-order valence-corrected chi connectivity index (χ3v) is 4.07. The first kappa shape index (κ1) is 20.4. The number of hydrogen-bond acceptors (Lipinski definition) is 5. The molecule has 0 saturated carbocycles. The number of guanidine groups is 1. The molecule has 1 heterocycles. The first-order valence-electron chi connectivity index (χ1n) is 8.47. The summed E-state index contributed by atoms with van der Waals surface area (Å²) in [6.07, 6.45) is -0.243. The van der Waals surface area contributed by atoms with E-state index in [-0.39, 0.29) is 30.3 Å². The van der Waals surface area contributed by atoms with Gasteiger partial charge >= 0.3 is 6.09 Å². The highest BCUT2D eigenvalue weighted by Gasteiger charge is 2.26. The molecule has 1 aromatic carbocycles. The van der Waals surface area contributed by atoms with Crippen LogP contribution in [0.1, 0.15) is 12.0 Å². The van der Waals surface area contributed by atoms with Crippen molar-refractivity contribution in [2.24, 2.45) is 16.5 Å². The van der Waals surface area contributed by atoms with Crippen LogP contribution in [0.3, 0.4) is 0 Å². The molecule has 1 saturated heterocycles. The number of piperazine rings is 1. The molecule has 1 aliphatic heterocycles. The molecule has 0 unspecified atom stereocenters. The fourth-order valence-corrected chi connectivity index (χ4v) is 2.75. The molecule has 0 atom stereocenters. The van der Waals surface area contributed by atoms with Crippen molar-refractivity contribution in [1.82, 2.24) is 4.90 Å². The molecule has 2 amide bonds. The molecule has 27 heavy (non-hydrogen) atoms. The summed E-state index contributed by atoms with van der Waals surface area (Å²) < 4.78 is 24.6. The van der Waals surface area contributed by atoms with Gasteiger partial charge in [0.15, 0.2) is 11.8 Å². The van der Waals surface area contributed by atoms with Gasteiger partial charge in [0.05, 0.1) is 12.2 Å². The predicted molar refractivity (Wildman–Crippen MR) is 97.7 cm³/mol. The van der Waals surface area contributed by atoms with Crippen molar-refractivity contribution in [2.75, 3.05) is 44.8 Å². The molecule has 1 aliphatic rings. The van der Waals surface area contributed by atoms with E-state index in [1.165, 1.54) is 6.07 Å². The van der Waals surface area contributed by atoms with Crippen molar-refractivity contribution in [3.05, 3.63) is 29.6 Å². The second-order valence-corrected chi connectivity index (χ2v) is 5.99. The van der Waals surface area contributed by atoms with Gasteiger partial charge in [-0.1, -0.05) is 12.1 Å². The predicted octanol–water partition coefficient (Wildman–Crippen LogP) is 0.421. The number of benzene rings is 1. The number of carbonyl (C=O) groups is 2. The lowest BCUT2D eigenvalue weighted by atomic mass is 10.1. The maximum atomic E-state index is 14.8. The second-order valence-electron chi connectivity index (χ2n) is 5.99. The number of methoxy groups -OCH3 is 1. The van der Waals surface area contributed by atoms with Gasteiger partial charge in [0.25, 0.3) is 0 Å². The number of carbonyl (C=O) groups excluding carboxylic acids is 2. The van der Waals surface area contributed by atoms with Crippen LogP contribution in [0.5, 0.6) is 0 Å². The van der Waals surface area contributed by atoms with Gasteiger partial charge in [-0.05, 0) is 12.5 Å². The van der Waals surface area contributed by atoms with Crippen LogP contribution < -0.4 is 16.4 Å². The summed E-state index contributed by atoms with van der Waals surface area (Å²) >= 11 is 0. The molecule has 0 bridgehead atoms. The largest absolute Gasteiger partial charge is 0.443 e. The van der Waals surface area contributed by atoms with Crippen LogP contribution in [0.2, 0.25) is 0 Å². The number of hydrogen-bond donors (Lipinski definition) is 2. The van der Waals surface area contributed by atoms with Gasteiger partial charge in [-0.25, -0.2) is 9.18 Å². The minimum absolute atomic E-state index is 0.0682. The fourth-order valence-electron chi connectivity index (χ4n) is 2.75. The Morgan fingerprint density at radius 2 is 2.11 bits per heavy atom. The number of halogens is 1. The fraction of sp³-hybridized carbons (Fsp3) is 0.471. The van der Waals surface area contributed by atoms with E-state index in [9.17, 15) is 14.0 Å². The SMILES string of the molecule is COCCCN1CCN(c2cccc(COC(=O)N=C(N)N)c2F)CC1=O. The van der Waals surface area contributed by atoms with Crippen LogP contribution in [0.25, 0.3) is 0 Å². The van der Waals surface area contributed by atoms with E-state index in [1.807, 2.05) is 0 Å².